The summed E-state index contributed by atoms with van der Waals surface area (Å²) < 4.78 is 0. The van der Waals surface area contributed by atoms with Gasteiger partial charge in [-0.2, -0.15) is 8.79 Å². The normalized spacial score (nSPS) is 2.25. The first-order valence-electron chi connectivity index (χ1n) is 0.577. The van der Waals surface area contributed by atoms with Crippen molar-refractivity contribution in [1.29, 1.82) is 0 Å². The molecule has 1 unspecified atom stereocenters. The van der Waals surface area contributed by atoms with Gasteiger partial charge in [-0.3, -0.25) is 0 Å². The molecule has 0 N–H and O–H groups in total. The zero-order valence-corrected chi connectivity index (χ0v) is 4.73. The number of rotatable bonds is 0. The molecule has 0 aromatic carbocycles. The Bertz CT molecular complexity index is 8.00. The predicted octanol–water partition coefficient (Wildman–Crippen LogP) is -2.42. The standard InChI is InChI=1S/Ca.Na.H5PSi.3H/c;;1-2;;;/h;;1H2,2H3;;;. The summed E-state index contributed by atoms with van der Waals surface area (Å²) in [5.41, 5.74) is 0. The average molecular weight is 130 g/mol. The maximum absolute atomic E-state index is 2.56. The molecule has 0 saturated carbocycles. The summed E-state index contributed by atoms with van der Waals surface area (Å²) in [6.45, 7) is 0. The molecule has 0 nitrogen and oxygen atoms in total. The topological polar surface area (TPSA) is 0 Å². The summed E-state index contributed by atoms with van der Waals surface area (Å²) in [6, 6.07) is 0. The molecule has 4 heteroatoms. The Labute approximate surface area is 84.3 Å². The van der Waals surface area contributed by atoms with Gasteiger partial charge in [0.05, 0.1) is 0 Å². The van der Waals surface area contributed by atoms with Gasteiger partial charge in [0.1, 0.15) is 0 Å². The Morgan fingerprint density at radius 2 is 1.25 bits per heavy atom. The molecule has 0 aromatic rings. The Hall–Kier alpha value is 2.91. The minimum atomic E-state index is 0. The van der Waals surface area contributed by atoms with Gasteiger partial charge in [-0.25, -0.2) is 0 Å². The largest absolute Gasteiger partial charge is 0.159 e. The molecule has 0 heterocycles. The first-order chi connectivity index (χ1) is 1.00. The van der Waals surface area contributed by atoms with E-state index in [1.165, 1.54) is 9.91 Å². The molecule has 4 heavy (non-hydrogen) atoms. The van der Waals surface area contributed by atoms with E-state index in [1.807, 2.05) is 0 Å². The van der Waals surface area contributed by atoms with Crippen molar-refractivity contribution in [3.63, 3.8) is 0 Å². The van der Waals surface area contributed by atoms with E-state index in [9.17, 15) is 0 Å². The first-order valence-corrected chi connectivity index (χ1v) is 5.20. The van der Waals surface area contributed by atoms with Crippen LogP contribution in [0.3, 0.4) is 0 Å². The summed E-state index contributed by atoms with van der Waals surface area (Å²) in [7, 11) is 3.78. The third-order valence-electron chi connectivity index (χ3n) is 0. The Morgan fingerprint density at radius 3 is 1.25 bits per heavy atom. The SMILES string of the molecule is [CaH2].[NaH].[SiH3]P. The van der Waals surface area contributed by atoms with E-state index in [2.05, 4.69) is 8.79 Å². The Morgan fingerprint density at radius 1 is 1.25 bits per heavy atom. The van der Waals surface area contributed by atoms with Crippen LogP contribution < -0.4 is 0 Å². The minimum absolute atomic E-state index is 0. The van der Waals surface area contributed by atoms with Crippen molar-refractivity contribution >= 4 is 86.0 Å². The average Bonchev–Trinajstić information content (AvgIpc) is 1.00. The van der Waals surface area contributed by atoms with Crippen LogP contribution in [0, 0.1) is 0 Å². The summed E-state index contributed by atoms with van der Waals surface area (Å²) in [6.07, 6.45) is 0. The van der Waals surface area contributed by atoms with Gasteiger partial charge in [-0.1, -0.05) is 0 Å². The van der Waals surface area contributed by atoms with Crippen LogP contribution in [-0.4, -0.2) is 77.2 Å². The van der Waals surface area contributed by atoms with E-state index in [0.29, 0.717) is 0 Å². The smallest absolute Gasteiger partial charge is 0.0252 e. The van der Waals surface area contributed by atoms with Gasteiger partial charge in [-0.05, 0) is 0 Å². The maximum atomic E-state index is 2.56. The molecule has 0 rings (SSSR count). The third kappa shape index (κ3) is 8.86. The van der Waals surface area contributed by atoms with Crippen molar-refractivity contribution in [3.05, 3.63) is 0 Å². The summed E-state index contributed by atoms with van der Waals surface area (Å²) in [5, 5.41) is 0. The third-order valence-corrected chi connectivity index (χ3v) is 0. The predicted molar refractivity (Wildman–Crippen MR) is 35.3 cm³/mol. The van der Waals surface area contributed by atoms with Crippen molar-refractivity contribution in [3.8, 4) is 0 Å². The van der Waals surface area contributed by atoms with Crippen molar-refractivity contribution < 1.29 is 0 Å². The molecule has 0 fully saturated rings. The molecular weight excluding hydrogens is 122 g/mol. The second kappa shape index (κ2) is 16.8. The molecule has 0 radical (unpaired) electrons. The molecule has 1 atom stereocenters. The van der Waals surface area contributed by atoms with Crippen LogP contribution in [0.2, 0.25) is 0 Å². The quantitative estimate of drug-likeness (QED) is 0.253. The van der Waals surface area contributed by atoms with Crippen LogP contribution >= 0.6 is 8.79 Å². The van der Waals surface area contributed by atoms with Crippen LogP contribution in [0.1, 0.15) is 0 Å². The van der Waals surface area contributed by atoms with Gasteiger partial charge < -0.3 is 0 Å². The van der Waals surface area contributed by atoms with Gasteiger partial charge in [0.15, 0.2) is 0 Å². The van der Waals surface area contributed by atoms with E-state index >= 15 is 0 Å². The fraction of sp³-hybridized carbons (Fsp3) is 0. The van der Waals surface area contributed by atoms with Gasteiger partial charge in [0.2, 0.25) is 0 Å². The van der Waals surface area contributed by atoms with E-state index < -0.39 is 0 Å². The van der Waals surface area contributed by atoms with Gasteiger partial charge in [-0.15, -0.1) is 0 Å². The molecular formula is H8CaNaPSi. The molecule has 0 aliphatic heterocycles. The summed E-state index contributed by atoms with van der Waals surface area (Å²) in [4.78, 5) is 0. The van der Waals surface area contributed by atoms with Crippen LogP contribution in [0.5, 0.6) is 0 Å². The second-order valence-electron chi connectivity index (χ2n) is 0. The minimum Gasteiger partial charge on any atom is -0.159 e. The van der Waals surface area contributed by atoms with Crippen molar-refractivity contribution in [2.45, 2.75) is 0 Å². The van der Waals surface area contributed by atoms with Crippen LogP contribution in [0.15, 0.2) is 0 Å². The van der Waals surface area contributed by atoms with Crippen molar-refractivity contribution in [1.82, 2.24) is 0 Å². The maximum Gasteiger partial charge on any atom is 0.0252 e. The number of hydrogen-bond acceptors (Lipinski definition) is 0. The molecule has 0 spiro atoms. The molecule has 0 saturated heterocycles. The van der Waals surface area contributed by atoms with Crippen LogP contribution in [0.25, 0.3) is 0 Å². The monoisotopic (exact) mass is 130 g/mol. The summed E-state index contributed by atoms with van der Waals surface area (Å²) >= 11 is 0. The molecule has 20 valence electrons. The first kappa shape index (κ1) is 15.8. The Balaban J connectivity index is -0.00000000500. The van der Waals surface area contributed by atoms with Gasteiger partial charge >= 0.3 is 67.3 Å². The molecule has 0 amide bonds. The zero-order valence-electron chi connectivity index (χ0n) is 1.58. The molecule has 0 aliphatic carbocycles. The second-order valence-corrected chi connectivity index (χ2v) is 0. The fourth-order valence-electron chi connectivity index (χ4n) is 0. The van der Waals surface area contributed by atoms with Crippen LogP contribution in [0.4, 0.5) is 0 Å². The zero-order chi connectivity index (χ0) is 2.00. The Kier molecular flexibility index (Phi) is 66.4. The van der Waals surface area contributed by atoms with Crippen molar-refractivity contribution in [2.75, 3.05) is 0 Å². The summed E-state index contributed by atoms with van der Waals surface area (Å²) in [5.74, 6) is 0. The van der Waals surface area contributed by atoms with Crippen molar-refractivity contribution in [2.24, 2.45) is 0 Å². The van der Waals surface area contributed by atoms with E-state index in [1.54, 1.807) is 0 Å². The molecule has 0 aliphatic rings. The molecule has 0 aromatic heterocycles. The van der Waals surface area contributed by atoms with Crippen LogP contribution in [-0.2, 0) is 0 Å². The van der Waals surface area contributed by atoms with Gasteiger partial charge in [0, 0.05) is 9.91 Å². The van der Waals surface area contributed by atoms with E-state index in [4.69, 9.17) is 0 Å². The van der Waals surface area contributed by atoms with E-state index in [0.717, 1.165) is 0 Å². The van der Waals surface area contributed by atoms with E-state index in [-0.39, 0.29) is 67.3 Å². The fourth-order valence-corrected chi connectivity index (χ4v) is 0. The molecule has 0 bridgehead atoms. The van der Waals surface area contributed by atoms with Gasteiger partial charge in [0.25, 0.3) is 0 Å². The number of hydrogen-bond donors (Lipinski definition) is 0.